The summed E-state index contributed by atoms with van der Waals surface area (Å²) in [5, 5.41) is 11.4. The molecule has 2 bridgehead atoms. The van der Waals surface area contributed by atoms with E-state index in [0.29, 0.717) is 57.0 Å². The van der Waals surface area contributed by atoms with E-state index in [9.17, 15) is 24.0 Å². The number of amides is 5. The van der Waals surface area contributed by atoms with Gasteiger partial charge in [0.2, 0.25) is 23.6 Å². The van der Waals surface area contributed by atoms with Crippen molar-refractivity contribution in [2.24, 2.45) is 11.8 Å². The van der Waals surface area contributed by atoms with Crippen molar-refractivity contribution in [1.29, 1.82) is 0 Å². The minimum Gasteiger partial charge on any atom is -0.381 e. The first-order valence-electron chi connectivity index (χ1n) is 17.6. The second-order valence-electron chi connectivity index (χ2n) is 13.6. The fourth-order valence-corrected chi connectivity index (χ4v) is 6.41. The fourth-order valence-electron chi connectivity index (χ4n) is 6.41. The lowest BCUT2D eigenvalue weighted by Crippen LogP contribution is -2.55. The molecule has 0 radical (unpaired) electrons. The van der Waals surface area contributed by atoms with Crippen LogP contribution in [0.2, 0.25) is 0 Å². The van der Waals surface area contributed by atoms with Gasteiger partial charge in [0, 0.05) is 63.7 Å². The van der Waals surface area contributed by atoms with Crippen LogP contribution in [0.15, 0.2) is 48.5 Å². The van der Waals surface area contributed by atoms with Gasteiger partial charge >= 0.3 is 0 Å². The average molecular weight is 688 g/mol. The number of rotatable bonds is 5. The van der Waals surface area contributed by atoms with Gasteiger partial charge in [0.15, 0.2) is 0 Å². The number of aromatic nitrogens is 2. The quantitative estimate of drug-likeness (QED) is 0.319. The van der Waals surface area contributed by atoms with Gasteiger partial charge in [-0.25, -0.2) is 4.98 Å². The molecule has 1 saturated heterocycles. The van der Waals surface area contributed by atoms with Crippen molar-refractivity contribution < 1.29 is 28.7 Å². The first-order chi connectivity index (χ1) is 24.1. The lowest BCUT2D eigenvalue weighted by atomic mass is 9.98. The summed E-state index contributed by atoms with van der Waals surface area (Å²) in [7, 11) is 0. The van der Waals surface area contributed by atoms with E-state index in [2.05, 4.69) is 39.7 Å². The molecule has 2 aromatic carbocycles. The molecular formula is C37H49N7O6. The van der Waals surface area contributed by atoms with Crippen LogP contribution in [0.5, 0.6) is 0 Å². The standard InChI is InChI=1S/C37H49N7O6/c1-24(2)20-32-41-29-11-10-28-22-31(29)44(32)16-7-14-38-34(46)25(3)40-36(48)30(21-26-8-5-4-6-9-26)42-33(45)23-43(17-15-39-35(28)47)37(49)27-12-18-50-19-13-27/h4-6,8-11,22,24-25,27,30H,7,12-21,23H2,1-3H3,(H,38,46)(H,39,47)(H,40,48)(H,42,45)/t25-,30+/m1/s1. The molecule has 2 aliphatic rings. The highest BCUT2D eigenvalue weighted by Crippen LogP contribution is 2.21. The normalized spacial score (nSPS) is 20.9. The molecule has 0 saturated carbocycles. The van der Waals surface area contributed by atoms with E-state index >= 15 is 0 Å². The molecule has 13 heteroatoms. The van der Waals surface area contributed by atoms with Crippen molar-refractivity contribution in [3.05, 3.63) is 65.5 Å². The highest BCUT2D eigenvalue weighted by molar-refractivity contribution is 5.97. The van der Waals surface area contributed by atoms with Gasteiger partial charge < -0.3 is 35.5 Å². The molecule has 4 N–H and O–H groups in total. The van der Waals surface area contributed by atoms with Crippen LogP contribution >= 0.6 is 0 Å². The molecule has 1 aromatic heterocycles. The Morgan fingerprint density at radius 3 is 2.44 bits per heavy atom. The van der Waals surface area contributed by atoms with Gasteiger partial charge in [-0.2, -0.15) is 0 Å². The van der Waals surface area contributed by atoms with Gasteiger partial charge in [0.1, 0.15) is 17.9 Å². The van der Waals surface area contributed by atoms with Crippen LogP contribution in [-0.4, -0.2) is 95.5 Å². The first kappa shape index (κ1) is 36.5. The molecule has 3 aromatic rings. The number of hydrogen-bond acceptors (Lipinski definition) is 7. The summed E-state index contributed by atoms with van der Waals surface area (Å²) in [6.45, 7) is 7.61. The number of fused-ring (bicyclic) bond motifs is 1. The SMILES string of the molecule is CC(C)Cc1nc2ccc3cc2n1CCCNC(=O)[C@@H](C)NC(=O)[C@H](Cc1ccccc1)NC(=O)CN(C(=O)C1CCOCC1)CCNC3=O. The van der Waals surface area contributed by atoms with E-state index in [4.69, 9.17) is 9.72 Å². The number of imidazole rings is 1. The van der Waals surface area contributed by atoms with Crippen LogP contribution in [-0.2, 0) is 43.3 Å². The van der Waals surface area contributed by atoms with Gasteiger partial charge in [0.05, 0.1) is 17.6 Å². The molecule has 0 spiro atoms. The van der Waals surface area contributed by atoms with Crippen molar-refractivity contribution in [3.63, 3.8) is 0 Å². The molecule has 50 heavy (non-hydrogen) atoms. The van der Waals surface area contributed by atoms with Crippen LogP contribution in [0.1, 0.15) is 61.8 Å². The Kier molecular flexibility index (Phi) is 12.6. The molecule has 268 valence electrons. The summed E-state index contributed by atoms with van der Waals surface area (Å²) >= 11 is 0. The van der Waals surface area contributed by atoms with Gasteiger partial charge in [-0.05, 0) is 55.9 Å². The molecular weight excluding hydrogens is 638 g/mol. The Balaban J connectivity index is 1.42. The maximum absolute atomic E-state index is 13.7. The molecule has 2 atom stereocenters. The zero-order valence-corrected chi connectivity index (χ0v) is 29.2. The van der Waals surface area contributed by atoms with Crippen molar-refractivity contribution in [2.75, 3.05) is 39.4 Å². The van der Waals surface area contributed by atoms with Crippen LogP contribution < -0.4 is 21.3 Å². The number of carbonyl (C=O) groups excluding carboxylic acids is 5. The number of nitrogens with zero attached hydrogens (tertiary/aromatic N) is 3. The molecule has 3 heterocycles. The van der Waals surface area contributed by atoms with Crippen molar-refractivity contribution in [3.8, 4) is 0 Å². The lowest BCUT2D eigenvalue weighted by Gasteiger charge is -2.30. The number of benzene rings is 2. The Labute approximate surface area is 292 Å². The van der Waals surface area contributed by atoms with Gasteiger partial charge in [-0.1, -0.05) is 44.2 Å². The Morgan fingerprint density at radius 1 is 0.940 bits per heavy atom. The Bertz CT molecular complexity index is 1670. The van der Waals surface area contributed by atoms with E-state index in [1.54, 1.807) is 13.0 Å². The van der Waals surface area contributed by atoms with Crippen LogP contribution in [0.4, 0.5) is 0 Å². The smallest absolute Gasteiger partial charge is 0.251 e. The second-order valence-corrected chi connectivity index (χ2v) is 13.6. The van der Waals surface area contributed by atoms with Gasteiger partial charge in [-0.3, -0.25) is 24.0 Å². The predicted molar refractivity (Wildman–Crippen MR) is 188 cm³/mol. The van der Waals surface area contributed by atoms with Crippen LogP contribution in [0.3, 0.4) is 0 Å². The number of ether oxygens (including phenoxy) is 1. The molecule has 13 nitrogen and oxygen atoms in total. The Morgan fingerprint density at radius 2 is 1.70 bits per heavy atom. The van der Waals surface area contributed by atoms with Crippen molar-refractivity contribution in [2.45, 2.75) is 71.5 Å². The van der Waals surface area contributed by atoms with Crippen molar-refractivity contribution in [1.82, 2.24) is 35.7 Å². The number of carbonyl (C=O) groups is 5. The largest absolute Gasteiger partial charge is 0.381 e. The maximum atomic E-state index is 13.7. The van der Waals surface area contributed by atoms with E-state index in [1.807, 2.05) is 42.5 Å². The topological polar surface area (TPSA) is 164 Å². The minimum absolute atomic E-state index is 0.0980. The third-order valence-corrected chi connectivity index (χ3v) is 9.11. The summed E-state index contributed by atoms with van der Waals surface area (Å²) in [4.78, 5) is 73.6. The monoisotopic (exact) mass is 687 g/mol. The van der Waals surface area contributed by atoms with E-state index < -0.39 is 23.9 Å². The third-order valence-electron chi connectivity index (χ3n) is 9.11. The summed E-state index contributed by atoms with van der Waals surface area (Å²) < 4.78 is 7.55. The number of nitrogens with one attached hydrogen (secondary N) is 4. The first-order valence-corrected chi connectivity index (χ1v) is 17.6. The average Bonchev–Trinajstić information content (AvgIpc) is 3.44. The predicted octanol–water partition coefficient (Wildman–Crippen LogP) is 1.97. The van der Waals surface area contributed by atoms with E-state index in [1.165, 1.54) is 4.90 Å². The highest BCUT2D eigenvalue weighted by atomic mass is 16.5. The fraction of sp³-hybridized carbons (Fsp3) is 0.514. The summed E-state index contributed by atoms with van der Waals surface area (Å²) in [6.07, 6.45) is 2.61. The summed E-state index contributed by atoms with van der Waals surface area (Å²) in [5.74, 6) is -0.934. The molecule has 0 unspecified atom stereocenters. The van der Waals surface area contributed by atoms with Crippen LogP contribution in [0.25, 0.3) is 11.0 Å². The van der Waals surface area contributed by atoms with Gasteiger partial charge in [0.25, 0.3) is 5.91 Å². The third kappa shape index (κ3) is 9.68. The maximum Gasteiger partial charge on any atom is 0.251 e. The van der Waals surface area contributed by atoms with Gasteiger partial charge in [-0.15, -0.1) is 0 Å². The van der Waals surface area contributed by atoms with Crippen LogP contribution in [0, 0.1) is 11.8 Å². The van der Waals surface area contributed by atoms with E-state index in [-0.39, 0.29) is 49.7 Å². The number of aryl methyl sites for hydroxylation is 1. The molecule has 5 rings (SSSR count). The summed E-state index contributed by atoms with van der Waals surface area (Å²) in [6, 6.07) is 12.8. The highest BCUT2D eigenvalue weighted by Gasteiger charge is 2.30. The minimum atomic E-state index is -0.997. The second kappa shape index (κ2) is 17.2. The molecule has 2 aliphatic heterocycles. The number of hydrogen-bond donors (Lipinski definition) is 4. The zero-order chi connectivity index (χ0) is 35.6. The van der Waals surface area contributed by atoms with Crippen molar-refractivity contribution >= 4 is 40.6 Å². The zero-order valence-electron chi connectivity index (χ0n) is 29.2. The van der Waals surface area contributed by atoms with E-state index in [0.717, 1.165) is 28.8 Å². The molecule has 1 fully saturated rings. The lowest BCUT2D eigenvalue weighted by molar-refractivity contribution is -0.142. The molecule has 0 aliphatic carbocycles. The summed E-state index contributed by atoms with van der Waals surface area (Å²) in [5.41, 5.74) is 2.88. The Hall–Kier alpha value is -4.78. The molecule has 5 amide bonds.